The lowest BCUT2D eigenvalue weighted by atomic mass is 9.78. The number of hydrogen-bond donors (Lipinski definition) is 2. The molecule has 0 aliphatic rings. The molecular weight excluding hydrogens is 567 g/mol. The van der Waals surface area contributed by atoms with Crippen LogP contribution >= 0.6 is 11.6 Å². The average molecular weight is 608 g/mol. The predicted octanol–water partition coefficient (Wildman–Crippen LogP) is 10.4. The van der Waals surface area contributed by atoms with Crippen LogP contribution in [0, 0.1) is 5.82 Å². The van der Waals surface area contributed by atoms with Gasteiger partial charge in [0.25, 0.3) is 5.92 Å². The number of unbranched alkanes of at least 4 members (excludes halogenated alkanes) is 1. The highest BCUT2D eigenvalue weighted by Crippen LogP contribution is 2.41. The third-order valence-corrected chi connectivity index (χ3v) is 7.41. The summed E-state index contributed by atoms with van der Waals surface area (Å²) in [5, 5.41) is 7.05. The molecular formula is C36H41ClF3N3. The van der Waals surface area contributed by atoms with Gasteiger partial charge in [-0.2, -0.15) is 0 Å². The Hall–Kier alpha value is -3.77. The SMILES string of the molecule is C=C(Nc1cccc(F)c1)N[C@](Cc1ccccc1)(c1ccc(CC)c(C(F)(F)CCCC)c1)c1ccc(Cl)cn1.CC. The minimum absolute atomic E-state index is 0.0165. The summed E-state index contributed by atoms with van der Waals surface area (Å²) in [6.45, 7) is 12.0. The highest BCUT2D eigenvalue weighted by Gasteiger charge is 2.40. The second-order valence-corrected chi connectivity index (χ2v) is 10.6. The smallest absolute Gasteiger partial charge is 0.273 e. The molecule has 4 rings (SSSR count). The zero-order valence-electron chi connectivity index (χ0n) is 25.4. The molecule has 0 saturated carbocycles. The van der Waals surface area contributed by atoms with Gasteiger partial charge in [0, 0.05) is 30.3 Å². The number of alkyl halides is 2. The van der Waals surface area contributed by atoms with E-state index < -0.39 is 17.3 Å². The molecule has 7 heteroatoms. The van der Waals surface area contributed by atoms with E-state index in [-0.39, 0.29) is 12.0 Å². The van der Waals surface area contributed by atoms with Crippen LogP contribution in [-0.2, 0) is 24.3 Å². The zero-order chi connectivity index (χ0) is 31.5. The summed E-state index contributed by atoms with van der Waals surface area (Å²) in [6, 6.07) is 24.5. The number of nitrogens with zero attached hydrogens (tertiary/aromatic N) is 1. The van der Waals surface area contributed by atoms with Gasteiger partial charge in [-0.25, -0.2) is 13.2 Å². The van der Waals surface area contributed by atoms with Crippen molar-refractivity contribution < 1.29 is 13.2 Å². The summed E-state index contributed by atoms with van der Waals surface area (Å²) in [5.74, 6) is -3.05. The van der Waals surface area contributed by atoms with Crippen LogP contribution in [0.25, 0.3) is 0 Å². The van der Waals surface area contributed by atoms with Gasteiger partial charge < -0.3 is 10.6 Å². The Kier molecular flexibility index (Phi) is 12.3. The number of halogens is 4. The first-order valence-corrected chi connectivity index (χ1v) is 15.2. The standard InChI is InChI=1S/C34H35ClF3N3.C2H6/c1-4-6-19-34(37,38)31-20-27(16-15-26(31)5-2)33(22-25-11-8-7-9-12-25,32-18-17-28(35)23-39-32)41-24(3)40-30-14-10-13-29(36)21-30;1-2/h7-18,20-21,23,40-41H,3-6,19,22H2,1-2H3;1-2H3/t33-;/m1./s1. The van der Waals surface area contributed by atoms with E-state index in [1.54, 1.807) is 36.4 Å². The number of nitrogens with one attached hydrogen (secondary N) is 2. The van der Waals surface area contributed by atoms with Gasteiger partial charge >= 0.3 is 0 Å². The van der Waals surface area contributed by atoms with Crippen molar-refractivity contribution in [3.05, 3.63) is 142 Å². The van der Waals surface area contributed by atoms with Crippen molar-refractivity contribution >= 4 is 17.3 Å². The minimum atomic E-state index is -3.00. The highest BCUT2D eigenvalue weighted by atomic mass is 35.5. The molecule has 1 aromatic heterocycles. The van der Waals surface area contributed by atoms with Crippen LogP contribution in [0.15, 0.2) is 104 Å². The number of anilines is 1. The first kappa shape index (κ1) is 33.7. The van der Waals surface area contributed by atoms with Crippen LogP contribution in [0.4, 0.5) is 18.9 Å². The Morgan fingerprint density at radius 2 is 1.67 bits per heavy atom. The van der Waals surface area contributed by atoms with Gasteiger partial charge in [0.05, 0.1) is 16.5 Å². The quantitative estimate of drug-likeness (QED) is 0.159. The van der Waals surface area contributed by atoms with E-state index in [0.29, 0.717) is 59.0 Å². The largest absolute Gasteiger partial charge is 0.357 e. The number of aryl methyl sites for hydroxylation is 1. The molecule has 0 aliphatic heterocycles. The molecule has 3 aromatic carbocycles. The van der Waals surface area contributed by atoms with E-state index in [9.17, 15) is 4.39 Å². The summed E-state index contributed by atoms with van der Waals surface area (Å²) in [6.07, 6.45) is 3.24. The molecule has 0 amide bonds. The average Bonchev–Trinajstić information content (AvgIpc) is 3.01. The molecule has 0 spiro atoms. The molecule has 0 bridgehead atoms. The molecule has 0 radical (unpaired) electrons. The summed E-state index contributed by atoms with van der Waals surface area (Å²) in [7, 11) is 0. The van der Waals surface area contributed by atoms with Crippen molar-refractivity contribution in [1.29, 1.82) is 0 Å². The van der Waals surface area contributed by atoms with Crippen molar-refractivity contribution in [1.82, 2.24) is 10.3 Å². The molecule has 4 aromatic rings. The number of aromatic nitrogens is 1. The Labute approximate surface area is 259 Å². The first-order chi connectivity index (χ1) is 20.7. The Bertz CT molecular complexity index is 1460. The molecule has 0 fully saturated rings. The fraction of sp³-hybridized carbons (Fsp3) is 0.306. The topological polar surface area (TPSA) is 37.0 Å². The minimum Gasteiger partial charge on any atom is -0.357 e. The molecule has 2 N–H and O–H groups in total. The summed E-state index contributed by atoms with van der Waals surface area (Å²) in [5.41, 5.74) is 2.10. The highest BCUT2D eigenvalue weighted by molar-refractivity contribution is 6.30. The third kappa shape index (κ3) is 8.64. The van der Waals surface area contributed by atoms with Crippen molar-refractivity contribution in [2.24, 2.45) is 0 Å². The second-order valence-electron chi connectivity index (χ2n) is 10.2. The lowest BCUT2D eigenvalue weighted by Gasteiger charge is -2.38. The maximum atomic E-state index is 15.7. The summed E-state index contributed by atoms with van der Waals surface area (Å²) >= 11 is 6.22. The van der Waals surface area contributed by atoms with E-state index in [1.165, 1.54) is 18.3 Å². The molecule has 0 unspecified atom stereocenters. The van der Waals surface area contributed by atoms with Crippen LogP contribution in [-0.4, -0.2) is 4.98 Å². The van der Waals surface area contributed by atoms with Gasteiger partial charge in [-0.1, -0.05) is 101 Å². The molecule has 0 aliphatic carbocycles. The molecule has 1 heterocycles. The second kappa shape index (κ2) is 15.6. The van der Waals surface area contributed by atoms with Gasteiger partial charge in [0.15, 0.2) is 0 Å². The van der Waals surface area contributed by atoms with Crippen molar-refractivity contribution in [2.75, 3.05) is 5.32 Å². The summed E-state index contributed by atoms with van der Waals surface area (Å²) < 4.78 is 45.4. The monoisotopic (exact) mass is 607 g/mol. The van der Waals surface area contributed by atoms with Crippen LogP contribution in [0.5, 0.6) is 0 Å². The maximum absolute atomic E-state index is 15.7. The van der Waals surface area contributed by atoms with E-state index in [0.717, 1.165) is 5.56 Å². The van der Waals surface area contributed by atoms with E-state index in [4.69, 9.17) is 11.6 Å². The Morgan fingerprint density at radius 1 is 0.930 bits per heavy atom. The first-order valence-electron chi connectivity index (χ1n) is 14.8. The van der Waals surface area contributed by atoms with Crippen molar-refractivity contribution in [3.63, 3.8) is 0 Å². The van der Waals surface area contributed by atoms with Gasteiger partial charge in [0.1, 0.15) is 11.4 Å². The van der Waals surface area contributed by atoms with Crippen LogP contribution < -0.4 is 10.6 Å². The Morgan fingerprint density at radius 3 is 2.30 bits per heavy atom. The fourth-order valence-corrected chi connectivity index (χ4v) is 5.22. The van der Waals surface area contributed by atoms with Crippen LogP contribution in [0.2, 0.25) is 5.02 Å². The predicted molar refractivity (Wildman–Crippen MR) is 173 cm³/mol. The number of benzene rings is 3. The lowest BCUT2D eigenvalue weighted by Crippen LogP contribution is -2.47. The van der Waals surface area contributed by atoms with Crippen LogP contribution in [0.1, 0.15) is 74.9 Å². The fourth-order valence-electron chi connectivity index (χ4n) is 5.10. The third-order valence-electron chi connectivity index (χ3n) is 7.18. The Balaban J connectivity index is 0.00000248. The molecule has 43 heavy (non-hydrogen) atoms. The van der Waals surface area contributed by atoms with Gasteiger partial charge in [-0.3, -0.25) is 4.98 Å². The normalized spacial score (nSPS) is 12.5. The number of rotatable bonds is 13. The van der Waals surface area contributed by atoms with Crippen LogP contribution in [0.3, 0.4) is 0 Å². The van der Waals surface area contributed by atoms with Crippen molar-refractivity contribution in [2.45, 2.75) is 71.3 Å². The van der Waals surface area contributed by atoms with Crippen molar-refractivity contribution in [3.8, 4) is 0 Å². The summed E-state index contributed by atoms with van der Waals surface area (Å²) in [4.78, 5) is 4.67. The molecule has 1 atom stereocenters. The molecule has 0 saturated heterocycles. The zero-order valence-corrected chi connectivity index (χ0v) is 26.1. The number of pyridine rings is 1. The lowest BCUT2D eigenvalue weighted by molar-refractivity contribution is -0.0163. The number of hydrogen-bond acceptors (Lipinski definition) is 3. The van der Waals surface area contributed by atoms with E-state index in [1.807, 2.05) is 64.1 Å². The van der Waals surface area contributed by atoms with E-state index >= 15 is 8.78 Å². The van der Waals surface area contributed by atoms with Gasteiger partial charge in [0.2, 0.25) is 0 Å². The van der Waals surface area contributed by atoms with E-state index in [2.05, 4.69) is 22.2 Å². The van der Waals surface area contributed by atoms with Gasteiger partial charge in [-0.15, -0.1) is 0 Å². The maximum Gasteiger partial charge on any atom is 0.273 e. The molecule has 228 valence electrons. The molecule has 3 nitrogen and oxygen atoms in total. The van der Waals surface area contributed by atoms with Gasteiger partial charge in [-0.05, 0) is 65.9 Å².